The lowest BCUT2D eigenvalue weighted by atomic mass is 10.2. The molecule has 1 N–H and O–H groups in total. The van der Waals surface area contributed by atoms with Crippen LogP contribution in [0, 0.1) is 5.82 Å². The zero-order chi connectivity index (χ0) is 13.6. The Balaban J connectivity index is 2.23. The highest BCUT2D eigenvalue weighted by Crippen LogP contribution is 2.31. The van der Waals surface area contributed by atoms with Crippen LogP contribution in [-0.2, 0) is 0 Å². The third kappa shape index (κ3) is 2.36. The van der Waals surface area contributed by atoms with Gasteiger partial charge < -0.3 is 4.98 Å². The number of aromatic amines is 1. The van der Waals surface area contributed by atoms with Crippen LogP contribution in [0.1, 0.15) is 0 Å². The summed E-state index contributed by atoms with van der Waals surface area (Å²) in [6, 6.07) is 8.11. The summed E-state index contributed by atoms with van der Waals surface area (Å²) in [4.78, 5) is 7.42. The number of nitrogens with one attached hydrogen (secondary N) is 1. The number of fused-ring (bicyclic) bond motifs is 1. The van der Waals surface area contributed by atoms with Gasteiger partial charge in [-0.3, -0.25) is 0 Å². The van der Waals surface area contributed by atoms with Gasteiger partial charge in [0.05, 0.1) is 20.5 Å². The van der Waals surface area contributed by atoms with Gasteiger partial charge in [0.25, 0.3) is 0 Å². The molecule has 0 saturated carbocycles. The van der Waals surface area contributed by atoms with E-state index in [4.69, 9.17) is 23.2 Å². The van der Waals surface area contributed by atoms with E-state index in [1.807, 2.05) is 0 Å². The summed E-state index contributed by atoms with van der Waals surface area (Å²) in [5.41, 5.74) is 1.94. The molecule has 0 amide bonds. The van der Waals surface area contributed by atoms with Crippen LogP contribution < -0.4 is 0 Å². The van der Waals surface area contributed by atoms with E-state index >= 15 is 0 Å². The molecule has 0 aliphatic heterocycles. The summed E-state index contributed by atoms with van der Waals surface area (Å²) in [6.45, 7) is 0. The lowest BCUT2D eigenvalue weighted by Crippen LogP contribution is -1.82. The first-order valence-corrected chi connectivity index (χ1v) is 6.89. The molecule has 2 nitrogen and oxygen atoms in total. The molecular formula is C13H6BrCl2FN2. The molecule has 6 heteroatoms. The van der Waals surface area contributed by atoms with E-state index in [0.717, 1.165) is 0 Å². The molecule has 1 heterocycles. The number of halogens is 4. The van der Waals surface area contributed by atoms with Crippen molar-refractivity contribution >= 4 is 50.2 Å². The molecule has 0 aliphatic rings. The second kappa shape index (κ2) is 4.78. The fraction of sp³-hybridized carbons (Fsp3) is 0. The summed E-state index contributed by atoms with van der Waals surface area (Å²) in [6.07, 6.45) is 0. The number of imidazole rings is 1. The first-order valence-electron chi connectivity index (χ1n) is 5.35. The second-order valence-corrected chi connectivity index (χ2v) is 5.69. The normalized spacial score (nSPS) is 11.2. The Morgan fingerprint density at radius 3 is 2.74 bits per heavy atom. The van der Waals surface area contributed by atoms with Gasteiger partial charge in [0.1, 0.15) is 11.6 Å². The molecule has 1 aromatic heterocycles. The Hall–Kier alpha value is -1.10. The third-order valence-corrected chi connectivity index (χ3v) is 3.88. The SMILES string of the molecule is Fc1cc2[nH]c(-c3cc(Cl)ccc3Cl)nc2cc1Br. The quantitative estimate of drug-likeness (QED) is 0.615. The summed E-state index contributed by atoms with van der Waals surface area (Å²) >= 11 is 15.2. The molecule has 0 radical (unpaired) electrons. The lowest BCUT2D eigenvalue weighted by molar-refractivity contribution is 0.623. The predicted molar refractivity (Wildman–Crippen MR) is 79.2 cm³/mol. The maximum absolute atomic E-state index is 13.5. The average molecular weight is 360 g/mol. The smallest absolute Gasteiger partial charge is 0.140 e. The van der Waals surface area contributed by atoms with E-state index in [9.17, 15) is 4.39 Å². The molecule has 19 heavy (non-hydrogen) atoms. The van der Waals surface area contributed by atoms with Crippen molar-refractivity contribution in [2.45, 2.75) is 0 Å². The molecule has 0 bridgehead atoms. The van der Waals surface area contributed by atoms with Crippen molar-refractivity contribution in [3.8, 4) is 11.4 Å². The largest absolute Gasteiger partial charge is 0.338 e. The van der Waals surface area contributed by atoms with Crippen molar-refractivity contribution in [3.05, 3.63) is 50.7 Å². The van der Waals surface area contributed by atoms with Gasteiger partial charge in [-0.1, -0.05) is 23.2 Å². The Morgan fingerprint density at radius 2 is 1.95 bits per heavy atom. The summed E-state index contributed by atoms with van der Waals surface area (Å²) in [7, 11) is 0. The van der Waals surface area contributed by atoms with Crippen molar-refractivity contribution in [3.63, 3.8) is 0 Å². The van der Waals surface area contributed by atoms with Gasteiger partial charge in [0.15, 0.2) is 0 Å². The minimum Gasteiger partial charge on any atom is -0.338 e. The van der Waals surface area contributed by atoms with E-state index in [2.05, 4.69) is 25.9 Å². The van der Waals surface area contributed by atoms with Crippen LogP contribution in [0.3, 0.4) is 0 Å². The molecule has 3 rings (SSSR count). The van der Waals surface area contributed by atoms with Crippen LogP contribution in [0.4, 0.5) is 4.39 Å². The standard InChI is InChI=1S/C13H6BrCl2FN2/c14-8-4-11-12(5-10(8)17)19-13(18-11)7-3-6(15)1-2-9(7)16/h1-5H,(H,18,19). The minimum atomic E-state index is -0.347. The number of hydrogen-bond donors (Lipinski definition) is 1. The highest BCUT2D eigenvalue weighted by molar-refractivity contribution is 9.10. The zero-order valence-electron chi connectivity index (χ0n) is 9.35. The molecule has 0 fully saturated rings. The van der Waals surface area contributed by atoms with Gasteiger partial charge in [-0.05, 0) is 40.2 Å². The number of rotatable bonds is 1. The van der Waals surface area contributed by atoms with Crippen molar-refractivity contribution in [1.29, 1.82) is 0 Å². The van der Waals surface area contributed by atoms with E-state index in [1.165, 1.54) is 6.07 Å². The second-order valence-electron chi connectivity index (χ2n) is 3.99. The van der Waals surface area contributed by atoms with Crippen LogP contribution in [0.2, 0.25) is 10.0 Å². The van der Waals surface area contributed by atoms with E-state index in [-0.39, 0.29) is 5.82 Å². The fourth-order valence-corrected chi connectivity index (χ4v) is 2.52. The lowest BCUT2D eigenvalue weighted by Gasteiger charge is -2.00. The third-order valence-electron chi connectivity index (χ3n) is 2.71. The van der Waals surface area contributed by atoms with Crippen LogP contribution in [-0.4, -0.2) is 9.97 Å². The van der Waals surface area contributed by atoms with Gasteiger partial charge in [0.2, 0.25) is 0 Å². The minimum absolute atomic E-state index is 0.347. The molecular weight excluding hydrogens is 354 g/mol. The molecule has 0 unspecified atom stereocenters. The van der Waals surface area contributed by atoms with Crippen molar-refractivity contribution < 1.29 is 4.39 Å². The van der Waals surface area contributed by atoms with Crippen LogP contribution >= 0.6 is 39.1 Å². The molecule has 96 valence electrons. The Kier molecular flexibility index (Phi) is 3.25. The first-order chi connectivity index (χ1) is 9.04. The number of nitrogens with zero attached hydrogens (tertiary/aromatic N) is 1. The highest BCUT2D eigenvalue weighted by atomic mass is 79.9. The average Bonchev–Trinajstić information content (AvgIpc) is 2.75. The van der Waals surface area contributed by atoms with Crippen molar-refractivity contribution in [2.24, 2.45) is 0 Å². The Bertz CT molecular complexity index is 747. The monoisotopic (exact) mass is 358 g/mol. The topological polar surface area (TPSA) is 28.7 Å². The van der Waals surface area contributed by atoms with Gasteiger partial charge >= 0.3 is 0 Å². The molecule has 0 aliphatic carbocycles. The van der Waals surface area contributed by atoms with E-state index in [0.29, 0.717) is 36.9 Å². The molecule has 2 aromatic carbocycles. The maximum atomic E-state index is 13.5. The Labute approximate surface area is 126 Å². The molecule has 0 spiro atoms. The van der Waals surface area contributed by atoms with Gasteiger partial charge in [-0.25, -0.2) is 9.37 Å². The van der Waals surface area contributed by atoms with Crippen molar-refractivity contribution in [2.75, 3.05) is 0 Å². The fourth-order valence-electron chi connectivity index (χ4n) is 1.81. The number of benzene rings is 2. The number of hydrogen-bond acceptors (Lipinski definition) is 1. The molecule has 0 atom stereocenters. The number of aromatic nitrogens is 2. The molecule has 3 aromatic rings. The first kappa shape index (κ1) is 12.9. The molecule has 0 saturated heterocycles. The van der Waals surface area contributed by atoms with Crippen LogP contribution in [0.25, 0.3) is 22.4 Å². The van der Waals surface area contributed by atoms with Crippen molar-refractivity contribution in [1.82, 2.24) is 9.97 Å². The maximum Gasteiger partial charge on any atom is 0.140 e. The van der Waals surface area contributed by atoms with E-state index in [1.54, 1.807) is 24.3 Å². The van der Waals surface area contributed by atoms with Gasteiger partial charge in [-0.2, -0.15) is 0 Å². The van der Waals surface area contributed by atoms with Gasteiger partial charge in [-0.15, -0.1) is 0 Å². The van der Waals surface area contributed by atoms with E-state index < -0.39 is 0 Å². The zero-order valence-corrected chi connectivity index (χ0v) is 12.4. The highest BCUT2D eigenvalue weighted by Gasteiger charge is 2.11. The predicted octanol–water partition coefficient (Wildman–Crippen LogP) is 5.44. The Morgan fingerprint density at radius 1 is 1.16 bits per heavy atom. The summed E-state index contributed by atoms with van der Waals surface area (Å²) < 4.78 is 13.8. The van der Waals surface area contributed by atoms with Gasteiger partial charge in [0, 0.05) is 16.7 Å². The summed E-state index contributed by atoms with van der Waals surface area (Å²) in [5, 5.41) is 1.09. The summed E-state index contributed by atoms with van der Waals surface area (Å²) in [5.74, 6) is 0.208. The number of H-pyrrole nitrogens is 1. The van der Waals surface area contributed by atoms with Crippen LogP contribution in [0.5, 0.6) is 0 Å². The van der Waals surface area contributed by atoms with Crippen LogP contribution in [0.15, 0.2) is 34.8 Å².